The zero-order chi connectivity index (χ0) is 13.9. The molecule has 102 valence electrons. The molecule has 5 nitrogen and oxygen atoms in total. The van der Waals surface area contributed by atoms with Crippen LogP contribution in [-0.4, -0.2) is 19.9 Å². The number of nitrogens with zero attached hydrogens (tertiary/aromatic N) is 2. The van der Waals surface area contributed by atoms with Crippen LogP contribution in [-0.2, 0) is 6.54 Å². The second kappa shape index (κ2) is 5.42. The smallest absolute Gasteiger partial charge is 0.152 e. The Morgan fingerprint density at radius 3 is 2.60 bits per heavy atom. The van der Waals surface area contributed by atoms with Gasteiger partial charge in [-0.25, -0.2) is 4.98 Å². The van der Waals surface area contributed by atoms with Gasteiger partial charge in [0.1, 0.15) is 0 Å². The van der Waals surface area contributed by atoms with Crippen LogP contribution in [0.15, 0.2) is 54.9 Å². The Balaban J connectivity index is 1.84. The van der Waals surface area contributed by atoms with Crippen molar-refractivity contribution in [3.63, 3.8) is 0 Å². The molecular weight excluding hydrogens is 254 g/mol. The van der Waals surface area contributed by atoms with Crippen LogP contribution < -0.4 is 5.48 Å². The number of nitrogens with one attached hydrogen (secondary N) is 1. The average molecular weight is 269 g/mol. The second-order valence-electron chi connectivity index (χ2n) is 4.63. The van der Waals surface area contributed by atoms with Gasteiger partial charge in [0.15, 0.2) is 6.23 Å². The standard InChI is InChI=1S/C15H15N3O2/c19-15(17-20)12-7-5-11(6-8-12)9-18-10-16-13-3-1-2-4-14(13)18/h1-8,10,15,17,19-20H,9H2. The van der Waals surface area contributed by atoms with E-state index in [4.69, 9.17) is 5.21 Å². The summed E-state index contributed by atoms with van der Waals surface area (Å²) in [5, 5.41) is 18.1. The van der Waals surface area contributed by atoms with E-state index in [1.807, 2.05) is 48.2 Å². The van der Waals surface area contributed by atoms with Crippen LogP contribution in [0.1, 0.15) is 17.4 Å². The number of hydrogen-bond donors (Lipinski definition) is 3. The third kappa shape index (κ3) is 2.42. The fourth-order valence-corrected chi connectivity index (χ4v) is 2.21. The van der Waals surface area contributed by atoms with E-state index in [-0.39, 0.29) is 0 Å². The summed E-state index contributed by atoms with van der Waals surface area (Å²) in [7, 11) is 0. The Labute approximate surface area is 116 Å². The predicted molar refractivity (Wildman–Crippen MR) is 75.2 cm³/mol. The number of fused-ring (bicyclic) bond motifs is 1. The summed E-state index contributed by atoms with van der Waals surface area (Å²) in [6.07, 6.45) is 0.765. The van der Waals surface area contributed by atoms with E-state index in [0.717, 1.165) is 16.6 Å². The molecule has 0 spiro atoms. The van der Waals surface area contributed by atoms with Gasteiger partial charge in [0.25, 0.3) is 0 Å². The summed E-state index contributed by atoms with van der Waals surface area (Å²) in [6.45, 7) is 0.712. The van der Waals surface area contributed by atoms with Gasteiger partial charge >= 0.3 is 0 Å². The molecule has 0 bridgehead atoms. The van der Waals surface area contributed by atoms with Crippen molar-refractivity contribution in [2.24, 2.45) is 0 Å². The molecule has 0 aliphatic heterocycles. The van der Waals surface area contributed by atoms with Crippen molar-refractivity contribution in [3.8, 4) is 0 Å². The number of aliphatic hydroxyl groups is 1. The summed E-state index contributed by atoms with van der Waals surface area (Å²) >= 11 is 0. The molecule has 3 N–H and O–H groups in total. The minimum absolute atomic E-state index is 0.617. The molecule has 0 aliphatic rings. The monoisotopic (exact) mass is 269 g/mol. The summed E-state index contributed by atoms with van der Waals surface area (Å²) in [5.41, 5.74) is 5.59. The van der Waals surface area contributed by atoms with Crippen LogP contribution in [0.2, 0.25) is 0 Å². The van der Waals surface area contributed by atoms with Crippen molar-refractivity contribution in [1.82, 2.24) is 15.0 Å². The maximum Gasteiger partial charge on any atom is 0.152 e. The van der Waals surface area contributed by atoms with Gasteiger partial charge in [0.2, 0.25) is 0 Å². The molecular formula is C15H15N3O2. The SMILES string of the molecule is ONC(O)c1ccc(Cn2cnc3ccccc32)cc1. The van der Waals surface area contributed by atoms with Crippen molar-refractivity contribution < 1.29 is 10.3 Å². The van der Waals surface area contributed by atoms with Crippen LogP contribution >= 0.6 is 0 Å². The molecule has 2 aromatic carbocycles. The van der Waals surface area contributed by atoms with Gasteiger partial charge in [0.05, 0.1) is 17.4 Å². The van der Waals surface area contributed by atoms with E-state index in [0.29, 0.717) is 12.1 Å². The first-order chi connectivity index (χ1) is 9.78. The first-order valence-electron chi connectivity index (χ1n) is 6.34. The molecule has 1 aromatic heterocycles. The largest absolute Gasteiger partial charge is 0.372 e. The van der Waals surface area contributed by atoms with E-state index >= 15 is 0 Å². The number of hydroxylamine groups is 1. The van der Waals surface area contributed by atoms with Crippen LogP contribution in [0.25, 0.3) is 11.0 Å². The number of imidazole rings is 1. The quantitative estimate of drug-likeness (QED) is 0.501. The number of aromatic nitrogens is 2. The third-order valence-corrected chi connectivity index (χ3v) is 3.30. The third-order valence-electron chi connectivity index (χ3n) is 3.30. The Bertz CT molecular complexity index is 706. The van der Waals surface area contributed by atoms with Gasteiger partial charge in [-0.1, -0.05) is 36.4 Å². The van der Waals surface area contributed by atoms with Crippen molar-refractivity contribution in [1.29, 1.82) is 0 Å². The highest BCUT2D eigenvalue weighted by molar-refractivity contribution is 5.75. The lowest BCUT2D eigenvalue weighted by Gasteiger charge is -2.10. The van der Waals surface area contributed by atoms with Crippen LogP contribution in [0.3, 0.4) is 0 Å². The fourth-order valence-electron chi connectivity index (χ4n) is 2.21. The van der Waals surface area contributed by atoms with Crippen LogP contribution in [0.5, 0.6) is 0 Å². The average Bonchev–Trinajstić information content (AvgIpc) is 2.91. The van der Waals surface area contributed by atoms with Crippen molar-refractivity contribution in [2.45, 2.75) is 12.8 Å². The van der Waals surface area contributed by atoms with E-state index < -0.39 is 6.23 Å². The summed E-state index contributed by atoms with van der Waals surface area (Å²) < 4.78 is 2.07. The minimum Gasteiger partial charge on any atom is -0.372 e. The fraction of sp³-hybridized carbons (Fsp3) is 0.133. The zero-order valence-electron chi connectivity index (χ0n) is 10.8. The maximum absolute atomic E-state index is 9.44. The topological polar surface area (TPSA) is 70.3 Å². The number of para-hydroxylation sites is 2. The Hall–Kier alpha value is -2.21. The molecule has 1 atom stereocenters. The molecule has 1 heterocycles. The summed E-state index contributed by atoms with van der Waals surface area (Å²) in [6, 6.07) is 15.4. The molecule has 0 aliphatic carbocycles. The number of rotatable bonds is 4. The Morgan fingerprint density at radius 1 is 1.10 bits per heavy atom. The van der Waals surface area contributed by atoms with Gasteiger partial charge in [-0.3, -0.25) is 0 Å². The summed E-state index contributed by atoms with van der Waals surface area (Å²) in [5.74, 6) is 0. The summed E-state index contributed by atoms with van der Waals surface area (Å²) in [4.78, 5) is 4.35. The number of aliphatic hydroxyl groups excluding tert-OH is 1. The molecule has 5 heteroatoms. The van der Waals surface area contributed by atoms with Gasteiger partial charge in [0, 0.05) is 6.54 Å². The Morgan fingerprint density at radius 2 is 1.85 bits per heavy atom. The molecule has 0 fully saturated rings. The van der Waals surface area contributed by atoms with Gasteiger partial charge in [-0.05, 0) is 23.3 Å². The van der Waals surface area contributed by atoms with E-state index in [2.05, 4.69) is 9.55 Å². The zero-order valence-corrected chi connectivity index (χ0v) is 10.8. The number of benzene rings is 2. The lowest BCUT2D eigenvalue weighted by atomic mass is 10.1. The van der Waals surface area contributed by atoms with Crippen molar-refractivity contribution in [2.75, 3.05) is 0 Å². The van der Waals surface area contributed by atoms with Crippen molar-refractivity contribution in [3.05, 3.63) is 66.0 Å². The molecule has 3 aromatic rings. The second-order valence-corrected chi connectivity index (χ2v) is 4.63. The van der Waals surface area contributed by atoms with Gasteiger partial charge in [-0.15, -0.1) is 0 Å². The van der Waals surface area contributed by atoms with Crippen LogP contribution in [0, 0.1) is 0 Å². The molecule has 3 rings (SSSR count). The van der Waals surface area contributed by atoms with E-state index in [1.54, 1.807) is 12.1 Å². The maximum atomic E-state index is 9.44. The molecule has 0 saturated carbocycles. The lowest BCUT2D eigenvalue weighted by Crippen LogP contribution is -2.15. The molecule has 0 saturated heterocycles. The first-order valence-corrected chi connectivity index (χ1v) is 6.34. The molecule has 1 unspecified atom stereocenters. The first kappa shape index (κ1) is 12.8. The highest BCUT2D eigenvalue weighted by Gasteiger charge is 2.06. The molecule has 0 amide bonds. The lowest BCUT2D eigenvalue weighted by molar-refractivity contribution is 0.000692. The highest BCUT2D eigenvalue weighted by Crippen LogP contribution is 2.16. The molecule has 0 radical (unpaired) electrons. The predicted octanol–water partition coefficient (Wildman–Crippen LogP) is 2.05. The number of hydrogen-bond acceptors (Lipinski definition) is 4. The van der Waals surface area contributed by atoms with E-state index in [1.165, 1.54) is 0 Å². The Kier molecular flexibility index (Phi) is 3.47. The van der Waals surface area contributed by atoms with Crippen LogP contribution in [0.4, 0.5) is 0 Å². The van der Waals surface area contributed by atoms with Crippen molar-refractivity contribution >= 4 is 11.0 Å². The molecule has 20 heavy (non-hydrogen) atoms. The minimum atomic E-state index is -1.06. The van der Waals surface area contributed by atoms with Gasteiger partial charge in [-0.2, -0.15) is 5.48 Å². The highest BCUT2D eigenvalue weighted by atomic mass is 16.5. The van der Waals surface area contributed by atoms with Gasteiger partial charge < -0.3 is 14.9 Å². The normalized spacial score (nSPS) is 12.7. The van der Waals surface area contributed by atoms with E-state index in [9.17, 15) is 5.11 Å².